The predicted molar refractivity (Wildman–Crippen MR) is 72.6 cm³/mol. The molecule has 0 heterocycles. The molecular weight excluding hydrogens is 244 g/mol. The number of hydrogen-bond acceptors (Lipinski definition) is 4. The average Bonchev–Trinajstić information content (AvgIpc) is 2.25. The summed E-state index contributed by atoms with van der Waals surface area (Å²) in [5, 5.41) is 2.96. The van der Waals surface area contributed by atoms with Crippen molar-refractivity contribution in [3.05, 3.63) is 0 Å². The van der Waals surface area contributed by atoms with E-state index in [0.29, 0.717) is 6.42 Å². The molecule has 0 amide bonds. The molecule has 0 saturated heterocycles. The minimum atomic E-state index is -3.09. The average molecular weight is 268 g/mol. The molecule has 98 valence electrons. The van der Waals surface area contributed by atoms with Crippen molar-refractivity contribution in [2.45, 2.75) is 25.8 Å². The van der Waals surface area contributed by atoms with Crippen molar-refractivity contribution in [1.82, 2.24) is 9.62 Å². The highest BCUT2D eigenvalue weighted by molar-refractivity contribution is 7.98. The Hall–Kier alpha value is 0.220. The van der Waals surface area contributed by atoms with Gasteiger partial charge < -0.3 is 5.32 Å². The molecule has 1 unspecified atom stereocenters. The summed E-state index contributed by atoms with van der Waals surface area (Å²) >= 11 is 1.69. The van der Waals surface area contributed by atoms with Gasteiger partial charge in [0.15, 0.2) is 0 Å². The van der Waals surface area contributed by atoms with Crippen LogP contribution in [0.4, 0.5) is 0 Å². The van der Waals surface area contributed by atoms with Gasteiger partial charge >= 0.3 is 0 Å². The molecule has 0 saturated carbocycles. The van der Waals surface area contributed by atoms with Gasteiger partial charge in [0.1, 0.15) is 0 Å². The highest BCUT2D eigenvalue weighted by Crippen LogP contribution is 2.13. The molecule has 0 aliphatic carbocycles. The van der Waals surface area contributed by atoms with E-state index in [1.807, 2.05) is 20.2 Å². The molecule has 1 N–H and O–H groups in total. The topological polar surface area (TPSA) is 49.4 Å². The molecular formula is C10H24N2O2S2. The Morgan fingerprint density at radius 2 is 2.06 bits per heavy atom. The minimum Gasteiger partial charge on any atom is -0.320 e. The third kappa shape index (κ3) is 5.52. The van der Waals surface area contributed by atoms with Gasteiger partial charge in [0, 0.05) is 18.8 Å². The van der Waals surface area contributed by atoms with Gasteiger partial charge in [-0.25, -0.2) is 12.7 Å². The Bertz CT molecular complexity index is 268. The van der Waals surface area contributed by atoms with Gasteiger partial charge in [0.2, 0.25) is 10.0 Å². The maximum absolute atomic E-state index is 12.0. The van der Waals surface area contributed by atoms with E-state index in [-0.39, 0.29) is 11.8 Å². The van der Waals surface area contributed by atoms with Crippen LogP contribution in [-0.4, -0.2) is 57.2 Å². The van der Waals surface area contributed by atoms with Crippen LogP contribution in [0.25, 0.3) is 0 Å². The van der Waals surface area contributed by atoms with E-state index >= 15 is 0 Å². The number of nitrogens with zero attached hydrogens (tertiary/aromatic N) is 1. The SMILES string of the molecule is CCC(CSC)N(C)S(=O)(=O)CCCNC. The Balaban J connectivity index is 4.36. The highest BCUT2D eigenvalue weighted by Gasteiger charge is 2.23. The highest BCUT2D eigenvalue weighted by atomic mass is 32.2. The molecule has 1 atom stereocenters. The van der Waals surface area contributed by atoms with E-state index in [9.17, 15) is 8.42 Å². The van der Waals surface area contributed by atoms with Crippen LogP contribution in [0.5, 0.6) is 0 Å². The van der Waals surface area contributed by atoms with Gasteiger partial charge in [-0.1, -0.05) is 6.92 Å². The van der Waals surface area contributed by atoms with E-state index in [1.54, 1.807) is 23.1 Å². The monoisotopic (exact) mass is 268 g/mol. The van der Waals surface area contributed by atoms with Crippen LogP contribution in [0.3, 0.4) is 0 Å². The number of sulfonamides is 1. The first-order chi connectivity index (χ1) is 7.49. The zero-order chi connectivity index (χ0) is 12.6. The molecule has 0 radical (unpaired) electrons. The zero-order valence-corrected chi connectivity index (χ0v) is 12.3. The Morgan fingerprint density at radius 3 is 2.50 bits per heavy atom. The minimum absolute atomic E-state index is 0.120. The molecule has 0 aliphatic rings. The molecule has 16 heavy (non-hydrogen) atoms. The first kappa shape index (κ1) is 16.2. The van der Waals surface area contributed by atoms with Crippen LogP contribution in [0.15, 0.2) is 0 Å². The fourth-order valence-electron chi connectivity index (χ4n) is 1.47. The molecule has 6 heteroatoms. The molecule has 0 aromatic carbocycles. The van der Waals surface area contributed by atoms with E-state index < -0.39 is 10.0 Å². The third-order valence-electron chi connectivity index (χ3n) is 2.61. The largest absolute Gasteiger partial charge is 0.320 e. The molecule has 0 aromatic rings. The molecule has 0 spiro atoms. The van der Waals surface area contributed by atoms with Crippen LogP contribution in [0, 0.1) is 0 Å². The van der Waals surface area contributed by atoms with Gasteiger partial charge in [-0.2, -0.15) is 11.8 Å². The summed E-state index contributed by atoms with van der Waals surface area (Å²) < 4.78 is 25.5. The lowest BCUT2D eigenvalue weighted by atomic mass is 10.3. The fraction of sp³-hybridized carbons (Fsp3) is 1.00. The van der Waals surface area contributed by atoms with Crippen LogP contribution in [0.2, 0.25) is 0 Å². The summed E-state index contributed by atoms with van der Waals surface area (Å²) in [5.41, 5.74) is 0. The second kappa shape index (κ2) is 8.33. The van der Waals surface area contributed by atoms with Crippen molar-refractivity contribution in [3.8, 4) is 0 Å². The standard InChI is InChI=1S/C10H24N2O2S2/c1-5-10(9-15-4)12(3)16(13,14)8-6-7-11-2/h10-11H,5-9H2,1-4H3. The summed E-state index contributed by atoms with van der Waals surface area (Å²) in [6.07, 6.45) is 3.53. The fourth-order valence-corrected chi connectivity index (χ4v) is 3.89. The third-order valence-corrected chi connectivity index (χ3v) is 5.31. The number of thioether (sulfide) groups is 1. The number of hydrogen-bond donors (Lipinski definition) is 1. The van der Waals surface area contributed by atoms with Crippen molar-refractivity contribution in [3.63, 3.8) is 0 Å². The summed E-state index contributed by atoms with van der Waals surface area (Å²) in [4.78, 5) is 0. The summed E-state index contributed by atoms with van der Waals surface area (Å²) in [5.74, 6) is 1.09. The summed E-state index contributed by atoms with van der Waals surface area (Å²) in [7, 11) is 0.440. The van der Waals surface area contributed by atoms with E-state index in [4.69, 9.17) is 0 Å². The lowest BCUT2D eigenvalue weighted by molar-refractivity contribution is 0.385. The number of nitrogens with one attached hydrogen (secondary N) is 1. The maximum atomic E-state index is 12.0. The molecule has 0 fully saturated rings. The van der Waals surface area contributed by atoms with Crippen LogP contribution in [-0.2, 0) is 10.0 Å². The molecule has 4 nitrogen and oxygen atoms in total. The van der Waals surface area contributed by atoms with Gasteiger partial charge in [-0.05, 0) is 32.7 Å². The van der Waals surface area contributed by atoms with Gasteiger partial charge in [0.25, 0.3) is 0 Å². The smallest absolute Gasteiger partial charge is 0.214 e. The van der Waals surface area contributed by atoms with Crippen molar-refractivity contribution < 1.29 is 8.42 Å². The number of rotatable bonds is 9. The predicted octanol–water partition coefficient (Wildman–Crippen LogP) is 0.999. The zero-order valence-electron chi connectivity index (χ0n) is 10.7. The first-order valence-corrected chi connectivity index (χ1v) is 8.59. The second-order valence-electron chi connectivity index (χ2n) is 3.81. The Labute approximate surface area is 104 Å². The summed E-state index contributed by atoms with van der Waals surface area (Å²) in [6.45, 7) is 2.77. The summed E-state index contributed by atoms with van der Waals surface area (Å²) in [6, 6.07) is 0.120. The lowest BCUT2D eigenvalue weighted by Crippen LogP contribution is -2.40. The maximum Gasteiger partial charge on any atom is 0.214 e. The van der Waals surface area contributed by atoms with Crippen molar-refractivity contribution in [2.24, 2.45) is 0 Å². The molecule has 0 aliphatic heterocycles. The second-order valence-corrected chi connectivity index (χ2v) is 6.87. The molecule has 0 bridgehead atoms. The normalized spacial score (nSPS) is 14.3. The van der Waals surface area contributed by atoms with Crippen LogP contribution >= 0.6 is 11.8 Å². The molecule has 0 aromatic heterocycles. The Kier molecular flexibility index (Phi) is 8.45. The van der Waals surface area contributed by atoms with Crippen molar-refractivity contribution in [2.75, 3.05) is 38.4 Å². The van der Waals surface area contributed by atoms with E-state index in [1.165, 1.54) is 0 Å². The Morgan fingerprint density at radius 1 is 1.44 bits per heavy atom. The quantitative estimate of drug-likeness (QED) is 0.634. The molecule has 0 rings (SSSR count). The first-order valence-electron chi connectivity index (χ1n) is 5.58. The lowest BCUT2D eigenvalue weighted by Gasteiger charge is -2.26. The van der Waals surface area contributed by atoms with E-state index in [0.717, 1.165) is 18.7 Å². The van der Waals surface area contributed by atoms with Gasteiger partial charge in [-0.3, -0.25) is 0 Å². The van der Waals surface area contributed by atoms with Gasteiger partial charge in [-0.15, -0.1) is 0 Å². The van der Waals surface area contributed by atoms with Crippen LogP contribution < -0.4 is 5.32 Å². The van der Waals surface area contributed by atoms with Gasteiger partial charge in [0.05, 0.1) is 5.75 Å². The van der Waals surface area contributed by atoms with Crippen molar-refractivity contribution >= 4 is 21.8 Å². The van der Waals surface area contributed by atoms with Crippen LogP contribution in [0.1, 0.15) is 19.8 Å². The van der Waals surface area contributed by atoms with Crippen molar-refractivity contribution in [1.29, 1.82) is 0 Å². The van der Waals surface area contributed by atoms with E-state index in [2.05, 4.69) is 5.32 Å².